The second-order valence-electron chi connectivity index (χ2n) is 3.01. The second kappa shape index (κ2) is 5.94. The van der Waals surface area contributed by atoms with Crippen LogP contribution in [0.2, 0.25) is 0 Å². The molecule has 1 aromatic carbocycles. The normalized spacial score (nSPS) is 9.20. The van der Waals surface area contributed by atoms with Crippen LogP contribution in [0.4, 0.5) is 4.39 Å². The number of rotatable bonds is 3. The van der Waals surface area contributed by atoms with Crippen molar-refractivity contribution in [3.05, 3.63) is 35.1 Å². The molecule has 15 heavy (non-hydrogen) atoms. The minimum Gasteiger partial charge on any atom is -0.319 e. The van der Waals surface area contributed by atoms with Gasteiger partial charge in [-0.1, -0.05) is 11.8 Å². The van der Waals surface area contributed by atoms with Gasteiger partial charge in [0.15, 0.2) is 0 Å². The van der Waals surface area contributed by atoms with Crippen LogP contribution in [0.15, 0.2) is 18.2 Å². The molecule has 78 valence electrons. The molecule has 0 spiro atoms. The first kappa shape index (κ1) is 11.4. The summed E-state index contributed by atoms with van der Waals surface area (Å²) in [5.74, 6) is 5.13. The number of aldehydes is 1. The number of halogens is 1. The fraction of sp³-hybridized carbons (Fsp3) is 0.250. The predicted molar refractivity (Wildman–Crippen MR) is 57.2 cm³/mol. The average molecular weight is 205 g/mol. The van der Waals surface area contributed by atoms with Gasteiger partial charge in [-0.3, -0.25) is 4.79 Å². The molecule has 3 heteroatoms. The Morgan fingerprint density at radius 3 is 3.00 bits per heavy atom. The summed E-state index contributed by atoms with van der Waals surface area (Å²) in [7, 11) is 1.83. The number of hydrogen-bond donors (Lipinski definition) is 1. The van der Waals surface area contributed by atoms with Gasteiger partial charge in [0.05, 0.1) is 5.56 Å². The largest absolute Gasteiger partial charge is 0.319 e. The highest BCUT2D eigenvalue weighted by molar-refractivity contribution is 5.75. The number of carbonyl (C=O) groups is 1. The lowest BCUT2D eigenvalue weighted by Crippen LogP contribution is -2.05. The zero-order chi connectivity index (χ0) is 11.1. The lowest BCUT2D eigenvalue weighted by atomic mass is 10.1. The van der Waals surface area contributed by atoms with Crippen molar-refractivity contribution in [3.63, 3.8) is 0 Å². The molecule has 0 amide bonds. The summed E-state index contributed by atoms with van der Waals surface area (Å²) >= 11 is 0. The molecule has 1 aromatic rings. The van der Waals surface area contributed by atoms with Crippen molar-refractivity contribution >= 4 is 6.29 Å². The summed E-state index contributed by atoms with van der Waals surface area (Å²) in [6, 6.07) is 4.14. The van der Waals surface area contributed by atoms with E-state index in [0.717, 1.165) is 6.54 Å². The van der Waals surface area contributed by atoms with Crippen LogP contribution >= 0.6 is 0 Å². The smallest absolute Gasteiger partial charge is 0.150 e. The number of carbonyl (C=O) groups excluding carboxylic acids is 1. The van der Waals surface area contributed by atoms with Crippen LogP contribution in [0.1, 0.15) is 22.3 Å². The third kappa shape index (κ3) is 3.53. The summed E-state index contributed by atoms with van der Waals surface area (Å²) in [6.07, 6.45) is 1.33. The van der Waals surface area contributed by atoms with Crippen molar-refractivity contribution in [2.45, 2.75) is 6.42 Å². The molecule has 0 aromatic heterocycles. The van der Waals surface area contributed by atoms with E-state index in [0.29, 0.717) is 18.3 Å². The molecule has 1 N–H and O–H groups in total. The molecular weight excluding hydrogens is 193 g/mol. The van der Waals surface area contributed by atoms with Crippen LogP contribution in [0.3, 0.4) is 0 Å². The van der Waals surface area contributed by atoms with Crippen LogP contribution in [0.25, 0.3) is 0 Å². The average Bonchev–Trinajstić information content (AvgIpc) is 2.26. The summed E-state index contributed by atoms with van der Waals surface area (Å²) in [5.41, 5.74) is 0.713. The summed E-state index contributed by atoms with van der Waals surface area (Å²) in [6.45, 7) is 0.766. The van der Waals surface area contributed by atoms with Gasteiger partial charge in [-0.15, -0.1) is 0 Å². The van der Waals surface area contributed by atoms with Crippen molar-refractivity contribution in [1.82, 2.24) is 5.32 Å². The van der Waals surface area contributed by atoms with Gasteiger partial charge in [0.2, 0.25) is 0 Å². The van der Waals surface area contributed by atoms with Crippen LogP contribution in [-0.2, 0) is 0 Å². The van der Waals surface area contributed by atoms with E-state index in [1.165, 1.54) is 18.2 Å². The highest BCUT2D eigenvalue weighted by Gasteiger charge is 1.99. The van der Waals surface area contributed by atoms with Crippen LogP contribution in [-0.4, -0.2) is 19.9 Å². The van der Waals surface area contributed by atoms with Crippen LogP contribution in [0.5, 0.6) is 0 Å². The Morgan fingerprint density at radius 2 is 2.33 bits per heavy atom. The van der Waals surface area contributed by atoms with Gasteiger partial charge < -0.3 is 5.32 Å². The standard InChI is InChI=1S/C12H12FNO/c1-14-7-3-2-4-11-8-10(9-15)5-6-12(11)13/h5-6,8-9,14H,3,7H2,1H3. The molecule has 0 atom stereocenters. The van der Waals surface area contributed by atoms with Gasteiger partial charge in [0.1, 0.15) is 12.1 Å². The van der Waals surface area contributed by atoms with E-state index in [2.05, 4.69) is 17.2 Å². The minimum absolute atomic E-state index is 0.274. The van der Waals surface area contributed by atoms with Crippen molar-refractivity contribution in [2.24, 2.45) is 0 Å². The fourth-order valence-corrected chi connectivity index (χ4v) is 1.06. The van der Waals surface area contributed by atoms with E-state index in [4.69, 9.17) is 0 Å². The monoisotopic (exact) mass is 205 g/mol. The third-order valence-corrected chi connectivity index (χ3v) is 1.85. The van der Waals surface area contributed by atoms with Gasteiger partial charge in [0, 0.05) is 18.5 Å². The summed E-state index contributed by atoms with van der Waals surface area (Å²) in [4.78, 5) is 10.5. The molecule has 0 aliphatic heterocycles. The Hall–Kier alpha value is -1.66. The van der Waals surface area contributed by atoms with Gasteiger partial charge in [0.25, 0.3) is 0 Å². The topological polar surface area (TPSA) is 29.1 Å². The molecule has 0 fully saturated rings. The highest BCUT2D eigenvalue weighted by Crippen LogP contribution is 2.07. The van der Waals surface area contributed by atoms with Crippen molar-refractivity contribution in [3.8, 4) is 11.8 Å². The van der Waals surface area contributed by atoms with Crippen LogP contribution < -0.4 is 5.32 Å². The molecule has 0 heterocycles. The van der Waals surface area contributed by atoms with E-state index in [9.17, 15) is 9.18 Å². The number of nitrogens with one attached hydrogen (secondary N) is 1. The third-order valence-electron chi connectivity index (χ3n) is 1.85. The van der Waals surface area contributed by atoms with E-state index < -0.39 is 5.82 Å². The number of benzene rings is 1. The second-order valence-corrected chi connectivity index (χ2v) is 3.01. The van der Waals surface area contributed by atoms with Gasteiger partial charge in [-0.25, -0.2) is 4.39 Å². The van der Waals surface area contributed by atoms with E-state index >= 15 is 0 Å². The molecule has 2 nitrogen and oxygen atoms in total. The Labute approximate surface area is 88.5 Å². The Balaban J connectivity index is 2.81. The zero-order valence-electron chi connectivity index (χ0n) is 8.51. The molecule has 0 radical (unpaired) electrons. The SMILES string of the molecule is CNCCC#Cc1cc(C=O)ccc1F. The van der Waals surface area contributed by atoms with Crippen molar-refractivity contribution in [1.29, 1.82) is 0 Å². The lowest BCUT2D eigenvalue weighted by molar-refractivity contribution is 0.112. The molecule has 0 saturated carbocycles. The maximum Gasteiger partial charge on any atom is 0.150 e. The van der Waals surface area contributed by atoms with Crippen LogP contribution in [0, 0.1) is 17.7 Å². The summed E-state index contributed by atoms with van der Waals surface area (Å²) in [5, 5.41) is 2.94. The van der Waals surface area contributed by atoms with Crippen molar-refractivity contribution < 1.29 is 9.18 Å². The van der Waals surface area contributed by atoms with E-state index in [1.807, 2.05) is 7.05 Å². The first-order chi connectivity index (χ1) is 7.27. The molecule has 0 aliphatic carbocycles. The predicted octanol–water partition coefficient (Wildman–Crippen LogP) is 1.60. The molecule has 0 bridgehead atoms. The van der Waals surface area contributed by atoms with Gasteiger partial charge in [-0.2, -0.15) is 0 Å². The maximum absolute atomic E-state index is 13.2. The first-order valence-electron chi connectivity index (χ1n) is 4.66. The van der Waals surface area contributed by atoms with Crippen molar-refractivity contribution in [2.75, 3.05) is 13.6 Å². The minimum atomic E-state index is -0.391. The van der Waals surface area contributed by atoms with E-state index in [-0.39, 0.29) is 5.56 Å². The summed E-state index contributed by atoms with van der Waals surface area (Å²) < 4.78 is 13.2. The lowest BCUT2D eigenvalue weighted by Gasteiger charge is -1.95. The van der Waals surface area contributed by atoms with E-state index in [1.54, 1.807) is 0 Å². The molecule has 0 aliphatic rings. The Bertz CT molecular complexity index is 404. The highest BCUT2D eigenvalue weighted by atomic mass is 19.1. The molecule has 1 rings (SSSR count). The first-order valence-corrected chi connectivity index (χ1v) is 4.66. The molecule has 0 unspecified atom stereocenters. The quantitative estimate of drug-likeness (QED) is 0.461. The maximum atomic E-state index is 13.2. The Kier molecular flexibility index (Phi) is 4.52. The van der Waals surface area contributed by atoms with Gasteiger partial charge in [-0.05, 0) is 25.2 Å². The van der Waals surface area contributed by atoms with Gasteiger partial charge >= 0.3 is 0 Å². The molecule has 0 saturated heterocycles. The Morgan fingerprint density at radius 1 is 1.53 bits per heavy atom. The molecular formula is C12H12FNO. The zero-order valence-corrected chi connectivity index (χ0v) is 8.51. The fourth-order valence-electron chi connectivity index (χ4n) is 1.06. The number of hydrogen-bond acceptors (Lipinski definition) is 2.